The summed E-state index contributed by atoms with van der Waals surface area (Å²) in [5, 5.41) is 0. The van der Waals surface area contributed by atoms with E-state index in [-0.39, 0.29) is 6.17 Å². The maximum Gasteiger partial charge on any atom is 0.128 e. The van der Waals surface area contributed by atoms with E-state index in [1.54, 1.807) is 14.2 Å². The van der Waals surface area contributed by atoms with Gasteiger partial charge in [-0.05, 0) is 32.6 Å². The Labute approximate surface area is 96.9 Å². The zero-order chi connectivity index (χ0) is 12.3. The van der Waals surface area contributed by atoms with E-state index in [4.69, 9.17) is 15.2 Å². The fourth-order valence-corrected chi connectivity index (χ4v) is 1.66. The second-order valence-electron chi connectivity index (χ2n) is 3.97. The predicted molar refractivity (Wildman–Crippen MR) is 64.9 cm³/mol. The molecule has 4 nitrogen and oxygen atoms in total. The number of methoxy groups -OCH3 is 2. The number of benzene rings is 1. The molecule has 0 aliphatic rings. The minimum absolute atomic E-state index is 0.180. The third kappa shape index (κ3) is 2.46. The Morgan fingerprint density at radius 2 is 1.81 bits per heavy atom. The van der Waals surface area contributed by atoms with Crippen molar-refractivity contribution in [3.8, 4) is 11.5 Å². The maximum atomic E-state index is 6.11. The fourth-order valence-electron chi connectivity index (χ4n) is 1.66. The molecule has 0 bridgehead atoms. The molecule has 1 aromatic rings. The van der Waals surface area contributed by atoms with Gasteiger partial charge in [-0.25, -0.2) is 0 Å². The Balaban J connectivity index is 3.26. The molecule has 90 valence electrons. The van der Waals surface area contributed by atoms with Crippen LogP contribution < -0.4 is 15.2 Å². The van der Waals surface area contributed by atoms with E-state index in [0.29, 0.717) is 0 Å². The Hall–Kier alpha value is -1.26. The molecule has 0 fully saturated rings. The lowest BCUT2D eigenvalue weighted by atomic mass is 10.0. The van der Waals surface area contributed by atoms with Gasteiger partial charge in [0.05, 0.1) is 20.4 Å². The first kappa shape index (κ1) is 12.8. The second-order valence-corrected chi connectivity index (χ2v) is 3.97. The topological polar surface area (TPSA) is 47.7 Å². The van der Waals surface area contributed by atoms with Crippen LogP contribution >= 0.6 is 0 Å². The van der Waals surface area contributed by atoms with Crippen molar-refractivity contribution < 1.29 is 9.47 Å². The van der Waals surface area contributed by atoms with E-state index < -0.39 is 0 Å². The lowest BCUT2D eigenvalue weighted by molar-refractivity contribution is 0.293. The average molecular weight is 224 g/mol. The molecule has 0 saturated carbocycles. The number of nitrogens with zero attached hydrogens (tertiary/aromatic N) is 1. The van der Waals surface area contributed by atoms with Gasteiger partial charge >= 0.3 is 0 Å². The minimum Gasteiger partial charge on any atom is -0.497 e. The highest BCUT2D eigenvalue weighted by atomic mass is 16.5. The zero-order valence-electron chi connectivity index (χ0n) is 10.6. The summed E-state index contributed by atoms with van der Waals surface area (Å²) in [6.07, 6.45) is -0.180. The maximum absolute atomic E-state index is 6.11. The van der Waals surface area contributed by atoms with Crippen molar-refractivity contribution in [1.82, 2.24) is 4.90 Å². The summed E-state index contributed by atoms with van der Waals surface area (Å²) in [7, 11) is 7.15. The van der Waals surface area contributed by atoms with Crippen molar-refractivity contribution >= 4 is 0 Å². The first-order valence-electron chi connectivity index (χ1n) is 5.15. The van der Waals surface area contributed by atoms with Gasteiger partial charge in [0.1, 0.15) is 11.5 Å². The first-order valence-corrected chi connectivity index (χ1v) is 5.15. The Kier molecular flexibility index (Phi) is 4.15. The number of rotatable bonds is 4. The van der Waals surface area contributed by atoms with E-state index in [0.717, 1.165) is 22.6 Å². The third-order valence-corrected chi connectivity index (χ3v) is 2.63. The molecule has 1 aromatic carbocycles. The van der Waals surface area contributed by atoms with Gasteiger partial charge in [-0.3, -0.25) is 4.90 Å². The molecule has 1 unspecified atom stereocenters. The lowest BCUT2D eigenvalue weighted by Crippen LogP contribution is -2.28. The summed E-state index contributed by atoms with van der Waals surface area (Å²) < 4.78 is 10.6. The summed E-state index contributed by atoms with van der Waals surface area (Å²) in [6.45, 7) is 2.00. The van der Waals surface area contributed by atoms with E-state index in [9.17, 15) is 0 Å². The first-order chi connectivity index (χ1) is 7.51. The molecule has 0 aromatic heterocycles. The number of ether oxygens (including phenoxy) is 2. The normalized spacial score (nSPS) is 12.7. The van der Waals surface area contributed by atoms with Crippen molar-refractivity contribution in [3.63, 3.8) is 0 Å². The van der Waals surface area contributed by atoms with Crippen LogP contribution in [0.1, 0.15) is 17.3 Å². The van der Waals surface area contributed by atoms with E-state index in [1.807, 2.05) is 38.1 Å². The van der Waals surface area contributed by atoms with Crippen molar-refractivity contribution in [2.45, 2.75) is 13.1 Å². The summed E-state index contributed by atoms with van der Waals surface area (Å²) >= 11 is 0. The van der Waals surface area contributed by atoms with Crippen LogP contribution in [0, 0.1) is 6.92 Å². The molecule has 2 N–H and O–H groups in total. The summed E-state index contributed by atoms with van der Waals surface area (Å²) in [5.41, 5.74) is 8.17. The van der Waals surface area contributed by atoms with Crippen molar-refractivity contribution in [2.24, 2.45) is 5.73 Å². The molecular weight excluding hydrogens is 204 g/mol. The van der Waals surface area contributed by atoms with Gasteiger partial charge in [-0.15, -0.1) is 0 Å². The van der Waals surface area contributed by atoms with Crippen LogP contribution in [-0.4, -0.2) is 33.2 Å². The molecule has 0 radical (unpaired) electrons. The average Bonchev–Trinajstić information content (AvgIpc) is 2.26. The van der Waals surface area contributed by atoms with Crippen LogP contribution in [0.15, 0.2) is 12.1 Å². The SMILES string of the molecule is COc1cc(C)c(C(N)N(C)C)c(OC)c1. The number of aryl methyl sites for hydroxylation is 1. The van der Waals surface area contributed by atoms with Gasteiger partial charge in [0.25, 0.3) is 0 Å². The van der Waals surface area contributed by atoms with Crippen LogP contribution in [0.25, 0.3) is 0 Å². The molecule has 0 aliphatic heterocycles. The summed E-state index contributed by atoms with van der Waals surface area (Å²) in [5.74, 6) is 1.54. The van der Waals surface area contributed by atoms with Gasteiger partial charge in [0, 0.05) is 11.6 Å². The van der Waals surface area contributed by atoms with Gasteiger partial charge in [-0.2, -0.15) is 0 Å². The molecule has 0 saturated heterocycles. The number of hydrogen-bond acceptors (Lipinski definition) is 4. The van der Waals surface area contributed by atoms with Gasteiger partial charge in [-0.1, -0.05) is 0 Å². The van der Waals surface area contributed by atoms with Crippen molar-refractivity contribution in [2.75, 3.05) is 28.3 Å². The molecule has 4 heteroatoms. The quantitative estimate of drug-likeness (QED) is 0.788. The third-order valence-electron chi connectivity index (χ3n) is 2.63. The molecule has 16 heavy (non-hydrogen) atoms. The molecule has 1 atom stereocenters. The van der Waals surface area contributed by atoms with Gasteiger partial charge < -0.3 is 15.2 Å². The zero-order valence-corrected chi connectivity index (χ0v) is 10.6. The monoisotopic (exact) mass is 224 g/mol. The minimum atomic E-state index is -0.180. The highest BCUT2D eigenvalue weighted by molar-refractivity contribution is 5.47. The molecule has 0 amide bonds. The Morgan fingerprint density at radius 1 is 1.19 bits per heavy atom. The molecular formula is C12H20N2O2. The summed E-state index contributed by atoms with van der Waals surface area (Å²) in [6, 6.07) is 3.81. The highest BCUT2D eigenvalue weighted by Crippen LogP contribution is 2.32. The van der Waals surface area contributed by atoms with Crippen LogP contribution in [0.5, 0.6) is 11.5 Å². The van der Waals surface area contributed by atoms with Gasteiger partial charge in [0.2, 0.25) is 0 Å². The van der Waals surface area contributed by atoms with E-state index >= 15 is 0 Å². The molecule has 1 rings (SSSR count). The number of nitrogens with two attached hydrogens (primary N) is 1. The molecule has 0 aliphatic carbocycles. The van der Waals surface area contributed by atoms with Crippen LogP contribution in [0.3, 0.4) is 0 Å². The second kappa shape index (κ2) is 5.18. The predicted octanol–water partition coefficient (Wildman–Crippen LogP) is 1.53. The van der Waals surface area contributed by atoms with Gasteiger partial charge in [0.15, 0.2) is 0 Å². The largest absolute Gasteiger partial charge is 0.497 e. The highest BCUT2D eigenvalue weighted by Gasteiger charge is 2.17. The van der Waals surface area contributed by atoms with Crippen LogP contribution in [0.4, 0.5) is 0 Å². The molecule has 0 spiro atoms. The Bertz CT molecular complexity index is 364. The van der Waals surface area contributed by atoms with Crippen LogP contribution in [0.2, 0.25) is 0 Å². The van der Waals surface area contributed by atoms with E-state index in [2.05, 4.69) is 0 Å². The molecule has 0 heterocycles. The Morgan fingerprint density at radius 3 is 2.25 bits per heavy atom. The standard InChI is InChI=1S/C12H20N2O2/c1-8-6-9(15-4)7-10(16-5)11(8)12(13)14(2)3/h6-7,12H,13H2,1-5H3. The van der Waals surface area contributed by atoms with Crippen molar-refractivity contribution in [3.05, 3.63) is 23.3 Å². The lowest BCUT2D eigenvalue weighted by Gasteiger charge is -2.24. The smallest absolute Gasteiger partial charge is 0.128 e. The number of hydrogen-bond donors (Lipinski definition) is 1. The van der Waals surface area contributed by atoms with Crippen LogP contribution in [-0.2, 0) is 0 Å². The fraction of sp³-hybridized carbons (Fsp3) is 0.500. The van der Waals surface area contributed by atoms with E-state index in [1.165, 1.54) is 0 Å². The summed E-state index contributed by atoms with van der Waals surface area (Å²) in [4.78, 5) is 1.94. The van der Waals surface area contributed by atoms with Crippen molar-refractivity contribution in [1.29, 1.82) is 0 Å².